The minimum Gasteiger partial charge on any atom is -0.383 e. The zero-order valence-corrected chi connectivity index (χ0v) is 14.0. The first-order chi connectivity index (χ1) is 12.1. The van der Waals surface area contributed by atoms with Crippen molar-refractivity contribution in [1.82, 2.24) is 19.7 Å². The smallest absolute Gasteiger partial charge is 0.257 e. The number of hydrogen-bond acceptors (Lipinski definition) is 3. The number of ether oxygens (including phenoxy) is 1. The first-order valence-corrected chi connectivity index (χ1v) is 7.88. The molecule has 130 valence electrons. The fourth-order valence-corrected chi connectivity index (χ4v) is 2.62. The molecule has 7 heteroatoms. The Balaban J connectivity index is 2.06. The zero-order chi connectivity index (χ0) is 17.8. The molecule has 3 rings (SSSR count). The van der Waals surface area contributed by atoms with Crippen LogP contribution in [0.15, 0.2) is 55.0 Å². The lowest BCUT2D eigenvalue weighted by Crippen LogP contribution is -2.36. The van der Waals surface area contributed by atoms with Gasteiger partial charge in [-0.05, 0) is 31.2 Å². The van der Waals surface area contributed by atoms with Gasteiger partial charge in [-0.25, -0.2) is 9.07 Å². The average molecular weight is 342 g/mol. The molecular weight excluding hydrogens is 323 g/mol. The highest BCUT2D eigenvalue weighted by Crippen LogP contribution is 2.21. The number of aromatic nitrogens is 3. The number of benzene rings is 1. The third kappa shape index (κ3) is 3.46. The number of carbonyl (C=O) groups is 1. The molecule has 3 aromatic rings. The summed E-state index contributed by atoms with van der Waals surface area (Å²) in [6.07, 6.45) is 5.00. The van der Waals surface area contributed by atoms with Crippen molar-refractivity contribution in [3.63, 3.8) is 0 Å². The summed E-state index contributed by atoms with van der Waals surface area (Å²) in [6.45, 7) is 2.24. The van der Waals surface area contributed by atoms with Crippen LogP contribution in [-0.2, 0) is 4.74 Å². The molecular formula is C18H19FN4O2. The lowest BCUT2D eigenvalue weighted by Gasteiger charge is -2.14. The fraction of sp³-hybridized carbons (Fsp3) is 0.222. The predicted molar refractivity (Wildman–Crippen MR) is 91.7 cm³/mol. The number of methoxy groups -OCH3 is 1. The number of rotatable bonds is 6. The minimum absolute atomic E-state index is 0.160. The number of para-hydroxylation sites is 1. The van der Waals surface area contributed by atoms with Gasteiger partial charge in [-0.2, -0.15) is 5.10 Å². The van der Waals surface area contributed by atoms with E-state index in [2.05, 4.69) is 10.4 Å². The van der Waals surface area contributed by atoms with E-state index in [1.807, 2.05) is 19.1 Å². The van der Waals surface area contributed by atoms with Gasteiger partial charge >= 0.3 is 0 Å². The Labute approximate surface area is 144 Å². The molecule has 1 unspecified atom stereocenters. The van der Waals surface area contributed by atoms with Crippen LogP contribution in [0.2, 0.25) is 0 Å². The number of nitrogens with one attached hydrogen (secondary N) is 1. The summed E-state index contributed by atoms with van der Waals surface area (Å²) in [5.41, 5.74) is 0.623. The Morgan fingerprint density at radius 2 is 2.00 bits per heavy atom. The van der Waals surface area contributed by atoms with Crippen LogP contribution in [-0.4, -0.2) is 40.0 Å². The van der Waals surface area contributed by atoms with Gasteiger partial charge in [-0.1, -0.05) is 12.1 Å². The standard InChI is InChI=1S/C18H19FN4O2/c1-13(12-25-2)21-17(24)14-11-20-23(16-8-4-3-7-15(16)19)18(14)22-9-5-6-10-22/h3-11,13H,12H2,1-2H3,(H,21,24). The number of amides is 1. The highest BCUT2D eigenvalue weighted by molar-refractivity contribution is 5.97. The van der Waals surface area contributed by atoms with Crippen molar-refractivity contribution in [2.75, 3.05) is 13.7 Å². The van der Waals surface area contributed by atoms with Crippen molar-refractivity contribution in [1.29, 1.82) is 0 Å². The summed E-state index contributed by atoms with van der Waals surface area (Å²) in [5.74, 6) is -0.244. The normalized spacial score (nSPS) is 12.1. The minimum atomic E-state index is -0.418. The summed E-state index contributed by atoms with van der Waals surface area (Å²) in [7, 11) is 1.57. The van der Waals surface area contributed by atoms with Crippen molar-refractivity contribution in [3.8, 4) is 11.5 Å². The highest BCUT2D eigenvalue weighted by Gasteiger charge is 2.22. The summed E-state index contributed by atoms with van der Waals surface area (Å²) < 4.78 is 22.4. The van der Waals surface area contributed by atoms with Crippen LogP contribution in [0.5, 0.6) is 0 Å². The quantitative estimate of drug-likeness (QED) is 0.749. The topological polar surface area (TPSA) is 61.1 Å². The fourth-order valence-electron chi connectivity index (χ4n) is 2.62. The summed E-state index contributed by atoms with van der Waals surface area (Å²) in [4.78, 5) is 12.6. The molecule has 2 heterocycles. The number of carbonyl (C=O) groups excluding carboxylic acids is 1. The predicted octanol–water partition coefficient (Wildman–Crippen LogP) is 2.57. The summed E-state index contributed by atoms with van der Waals surface area (Å²) in [5, 5.41) is 7.10. The molecule has 25 heavy (non-hydrogen) atoms. The van der Waals surface area contributed by atoms with Crippen molar-refractivity contribution < 1.29 is 13.9 Å². The van der Waals surface area contributed by atoms with Crippen LogP contribution in [0, 0.1) is 5.82 Å². The largest absolute Gasteiger partial charge is 0.383 e. The average Bonchev–Trinajstić information content (AvgIpc) is 3.24. The lowest BCUT2D eigenvalue weighted by atomic mass is 10.2. The van der Waals surface area contributed by atoms with Crippen molar-refractivity contribution in [2.45, 2.75) is 13.0 Å². The number of nitrogens with zero attached hydrogens (tertiary/aromatic N) is 3. The molecule has 0 saturated heterocycles. The van der Waals surface area contributed by atoms with Gasteiger partial charge in [0.05, 0.1) is 12.8 Å². The second-order valence-corrected chi connectivity index (χ2v) is 5.67. The maximum Gasteiger partial charge on any atom is 0.257 e. The maximum atomic E-state index is 14.2. The highest BCUT2D eigenvalue weighted by atomic mass is 19.1. The van der Waals surface area contributed by atoms with Crippen molar-refractivity contribution in [2.24, 2.45) is 0 Å². The third-order valence-electron chi connectivity index (χ3n) is 3.71. The molecule has 0 aliphatic carbocycles. The molecule has 1 N–H and O–H groups in total. The van der Waals surface area contributed by atoms with Gasteiger partial charge < -0.3 is 14.6 Å². The van der Waals surface area contributed by atoms with Gasteiger partial charge in [0.15, 0.2) is 5.82 Å². The van der Waals surface area contributed by atoms with Crippen LogP contribution in [0.3, 0.4) is 0 Å². The van der Waals surface area contributed by atoms with E-state index in [1.165, 1.54) is 16.9 Å². The maximum absolute atomic E-state index is 14.2. The molecule has 6 nitrogen and oxygen atoms in total. The third-order valence-corrected chi connectivity index (χ3v) is 3.71. The van der Waals surface area contributed by atoms with E-state index in [1.54, 1.807) is 42.3 Å². The molecule has 0 radical (unpaired) electrons. The molecule has 0 aliphatic heterocycles. The van der Waals surface area contributed by atoms with Gasteiger partial charge in [-0.15, -0.1) is 0 Å². The van der Waals surface area contributed by atoms with Crippen LogP contribution in [0.4, 0.5) is 4.39 Å². The first kappa shape index (κ1) is 16.9. The van der Waals surface area contributed by atoms with Crippen LogP contribution < -0.4 is 5.32 Å². The van der Waals surface area contributed by atoms with Crippen molar-refractivity contribution in [3.05, 3.63) is 66.4 Å². The van der Waals surface area contributed by atoms with E-state index in [4.69, 9.17) is 4.74 Å². The van der Waals surface area contributed by atoms with E-state index >= 15 is 0 Å². The number of hydrogen-bond donors (Lipinski definition) is 1. The Kier molecular flexibility index (Phi) is 4.95. The molecule has 0 bridgehead atoms. The second-order valence-electron chi connectivity index (χ2n) is 5.67. The Morgan fingerprint density at radius 1 is 1.28 bits per heavy atom. The van der Waals surface area contributed by atoms with Crippen LogP contribution in [0.25, 0.3) is 11.5 Å². The van der Waals surface area contributed by atoms with E-state index in [-0.39, 0.29) is 17.6 Å². The molecule has 0 aliphatic rings. The van der Waals surface area contributed by atoms with E-state index in [0.29, 0.717) is 18.0 Å². The van der Waals surface area contributed by atoms with Gasteiger partial charge in [0.25, 0.3) is 5.91 Å². The molecule has 1 amide bonds. The van der Waals surface area contributed by atoms with Gasteiger partial charge in [-0.3, -0.25) is 4.79 Å². The van der Waals surface area contributed by atoms with Gasteiger partial charge in [0.1, 0.15) is 17.1 Å². The van der Waals surface area contributed by atoms with Crippen molar-refractivity contribution >= 4 is 5.91 Å². The lowest BCUT2D eigenvalue weighted by molar-refractivity contribution is 0.0905. The van der Waals surface area contributed by atoms with E-state index in [0.717, 1.165) is 0 Å². The molecule has 0 saturated carbocycles. The molecule has 0 spiro atoms. The first-order valence-electron chi connectivity index (χ1n) is 7.88. The van der Waals surface area contributed by atoms with Gasteiger partial charge in [0, 0.05) is 25.5 Å². The molecule has 2 aromatic heterocycles. The zero-order valence-electron chi connectivity index (χ0n) is 14.0. The number of halogens is 1. The van der Waals surface area contributed by atoms with E-state index < -0.39 is 5.82 Å². The Hall–Kier alpha value is -2.93. The summed E-state index contributed by atoms with van der Waals surface area (Å²) >= 11 is 0. The molecule has 1 aromatic carbocycles. The van der Waals surface area contributed by atoms with Gasteiger partial charge in [0.2, 0.25) is 0 Å². The monoisotopic (exact) mass is 342 g/mol. The van der Waals surface area contributed by atoms with Crippen LogP contribution in [0.1, 0.15) is 17.3 Å². The second kappa shape index (κ2) is 7.31. The molecule has 0 fully saturated rings. The summed E-state index contributed by atoms with van der Waals surface area (Å²) in [6, 6.07) is 9.80. The van der Waals surface area contributed by atoms with E-state index in [9.17, 15) is 9.18 Å². The Morgan fingerprint density at radius 3 is 2.68 bits per heavy atom. The molecule has 1 atom stereocenters. The SMILES string of the molecule is COCC(C)NC(=O)c1cnn(-c2ccccc2F)c1-n1cccc1. The van der Waals surface area contributed by atoms with Crippen LogP contribution >= 0.6 is 0 Å². The Bertz CT molecular complexity index is 858.